The van der Waals surface area contributed by atoms with Crippen molar-refractivity contribution in [1.82, 2.24) is 4.90 Å². The van der Waals surface area contributed by atoms with Gasteiger partial charge in [0.1, 0.15) is 5.60 Å². The van der Waals surface area contributed by atoms with E-state index in [0.717, 1.165) is 12.3 Å². The van der Waals surface area contributed by atoms with Crippen molar-refractivity contribution in [3.8, 4) is 0 Å². The maximum atomic E-state index is 12.5. The van der Waals surface area contributed by atoms with Crippen LogP contribution >= 0.6 is 0 Å². The van der Waals surface area contributed by atoms with Crippen molar-refractivity contribution in [2.75, 3.05) is 13.2 Å². The lowest BCUT2D eigenvalue weighted by molar-refractivity contribution is -0.0543. The summed E-state index contributed by atoms with van der Waals surface area (Å²) in [5.74, 6) is 0.744. The molecule has 1 amide bonds. The molecule has 2 atom stereocenters. The number of amides is 1. The molecule has 3 aliphatic rings. The van der Waals surface area contributed by atoms with Gasteiger partial charge in [0.25, 0.3) is 0 Å². The van der Waals surface area contributed by atoms with Crippen molar-refractivity contribution in [3.05, 3.63) is 11.6 Å². The van der Waals surface area contributed by atoms with E-state index in [4.69, 9.17) is 9.47 Å². The van der Waals surface area contributed by atoms with Gasteiger partial charge in [-0.05, 0) is 46.0 Å². The van der Waals surface area contributed by atoms with Crippen LogP contribution in [0, 0.1) is 5.92 Å². The molecule has 2 fully saturated rings. The van der Waals surface area contributed by atoms with Crippen molar-refractivity contribution in [2.24, 2.45) is 5.92 Å². The molecule has 0 aromatic carbocycles. The Labute approximate surface area is 127 Å². The van der Waals surface area contributed by atoms with Crippen molar-refractivity contribution in [3.63, 3.8) is 0 Å². The van der Waals surface area contributed by atoms with Crippen LogP contribution in [-0.2, 0) is 9.47 Å². The molecule has 0 radical (unpaired) electrons. The molecular formula is C17H27NO3. The number of fused-ring (bicyclic) bond motifs is 2. The summed E-state index contributed by atoms with van der Waals surface area (Å²) in [5.41, 5.74) is 1.12. The Kier molecular flexibility index (Phi) is 4.00. The maximum absolute atomic E-state index is 12.5. The monoisotopic (exact) mass is 293 g/mol. The zero-order chi connectivity index (χ0) is 15.0. The van der Waals surface area contributed by atoms with Crippen LogP contribution in [0.5, 0.6) is 0 Å². The summed E-state index contributed by atoms with van der Waals surface area (Å²) in [7, 11) is 0. The minimum atomic E-state index is -0.443. The largest absolute Gasteiger partial charge is 0.444 e. The smallest absolute Gasteiger partial charge is 0.411 e. The second-order valence-corrected chi connectivity index (χ2v) is 7.57. The van der Waals surface area contributed by atoms with Gasteiger partial charge in [0.15, 0.2) is 0 Å². The first kappa shape index (κ1) is 14.9. The fourth-order valence-electron chi connectivity index (χ4n) is 3.83. The second kappa shape index (κ2) is 5.64. The Morgan fingerprint density at radius 2 is 2.00 bits per heavy atom. The average Bonchev–Trinajstić information content (AvgIpc) is 2.88. The second-order valence-electron chi connectivity index (χ2n) is 7.57. The summed E-state index contributed by atoms with van der Waals surface area (Å²) in [6, 6.07) is 0.210. The van der Waals surface area contributed by atoms with Crippen LogP contribution in [-0.4, -0.2) is 41.9 Å². The zero-order valence-electron chi connectivity index (χ0n) is 13.4. The minimum Gasteiger partial charge on any atom is -0.444 e. The number of carbonyl (C=O) groups is 1. The third-order valence-electron chi connectivity index (χ3n) is 4.71. The Bertz CT molecular complexity index is 432. The summed E-state index contributed by atoms with van der Waals surface area (Å²) >= 11 is 0. The van der Waals surface area contributed by atoms with Crippen molar-refractivity contribution < 1.29 is 14.3 Å². The average molecular weight is 293 g/mol. The zero-order valence-corrected chi connectivity index (χ0v) is 13.4. The number of morpholine rings is 1. The number of ether oxygens (including phenoxy) is 2. The quantitative estimate of drug-likeness (QED) is 0.694. The summed E-state index contributed by atoms with van der Waals surface area (Å²) < 4.78 is 11.2. The standard InChI is InChI=1S/C17H27NO3/c1-17(2,3)21-16(19)18-14-8-13(12-6-4-5-7-12)9-15(18)11-20-10-14/h8,12,14-15H,4-7,9-11H2,1-3H3. The molecule has 118 valence electrons. The molecular weight excluding hydrogens is 266 g/mol. The molecule has 1 saturated heterocycles. The molecule has 0 aromatic heterocycles. The highest BCUT2D eigenvalue weighted by molar-refractivity contribution is 5.70. The van der Waals surface area contributed by atoms with Crippen LogP contribution in [0.2, 0.25) is 0 Å². The molecule has 0 spiro atoms. The van der Waals surface area contributed by atoms with Gasteiger partial charge in [0.2, 0.25) is 0 Å². The molecule has 21 heavy (non-hydrogen) atoms. The van der Waals surface area contributed by atoms with E-state index >= 15 is 0 Å². The molecule has 4 heteroatoms. The third-order valence-corrected chi connectivity index (χ3v) is 4.71. The van der Waals surface area contributed by atoms with Crippen LogP contribution in [0.3, 0.4) is 0 Å². The molecule has 1 aliphatic carbocycles. The van der Waals surface area contributed by atoms with Gasteiger partial charge in [0.05, 0.1) is 25.3 Å². The molecule has 1 saturated carbocycles. The Hall–Kier alpha value is -1.03. The summed E-state index contributed by atoms with van der Waals surface area (Å²) in [5, 5.41) is 0. The van der Waals surface area contributed by atoms with Crippen LogP contribution in [0.25, 0.3) is 0 Å². The topological polar surface area (TPSA) is 38.8 Å². The van der Waals surface area contributed by atoms with Crippen molar-refractivity contribution in [1.29, 1.82) is 0 Å². The van der Waals surface area contributed by atoms with E-state index in [0.29, 0.717) is 13.2 Å². The number of rotatable bonds is 1. The molecule has 3 rings (SSSR count). The van der Waals surface area contributed by atoms with Crippen LogP contribution < -0.4 is 0 Å². The number of carbonyl (C=O) groups excluding carboxylic acids is 1. The first-order chi connectivity index (χ1) is 9.94. The predicted octanol–water partition coefficient (Wildman–Crippen LogP) is 3.51. The van der Waals surface area contributed by atoms with Gasteiger partial charge in [-0.25, -0.2) is 4.79 Å². The Morgan fingerprint density at radius 3 is 2.62 bits per heavy atom. The summed E-state index contributed by atoms with van der Waals surface area (Å²) in [4.78, 5) is 14.4. The Morgan fingerprint density at radius 1 is 1.29 bits per heavy atom. The number of nitrogens with zero attached hydrogens (tertiary/aromatic N) is 1. The molecule has 4 nitrogen and oxygen atoms in total. The SMILES string of the molecule is CC(C)(C)OC(=O)N1C2C=C(C3CCCC3)CC1COC2. The fourth-order valence-corrected chi connectivity index (χ4v) is 3.83. The lowest BCUT2D eigenvalue weighted by Crippen LogP contribution is -2.57. The van der Waals surface area contributed by atoms with E-state index in [2.05, 4.69) is 6.08 Å². The Balaban J connectivity index is 1.76. The van der Waals surface area contributed by atoms with Crippen LogP contribution in [0.15, 0.2) is 11.6 Å². The summed E-state index contributed by atoms with van der Waals surface area (Å²) in [6.45, 7) is 6.99. The highest BCUT2D eigenvalue weighted by atomic mass is 16.6. The molecule has 2 heterocycles. The van der Waals surface area contributed by atoms with Gasteiger partial charge >= 0.3 is 6.09 Å². The molecule has 2 aliphatic heterocycles. The number of hydrogen-bond acceptors (Lipinski definition) is 3. The normalized spacial score (nSPS) is 30.2. The molecule has 2 unspecified atom stereocenters. The first-order valence-corrected chi connectivity index (χ1v) is 8.24. The minimum absolute atomic E-state index is 0.0583. The van der Waals surface area contributed by atoms with Crippen molar-refractivity contribution in [2.45, 2.75) is 70.6 Å². The lowest BCUT2D eigenvalue weighted by Gasteiger charge is -2.45. The van der Waals surface area contributed by atoms with Gasteiger partial charge in [-0.1, -0.05) is 24.5 Å². The highest BCUT2D eigenvalue weighted by Gasteiger charge is 2.41. The summed E-state index contributed by atoms with van der Waals surface area (Å²) in [6.07, 6.45) is 8.39. The van der Waals surface area contributed by atoms with E-state index in [1.807, 2.05) is 25.7 Å². The van der Waals surface area contributed by atoms with E-state index in [1.54, 1.807) is 5.57 Å². The lowest BCUT2D eigenvalue weighted by atomic mass is 9.85. The van der Waals surface area contributed by atoms with Gasteiger partial charge < -0.3 is 9.47 Å². The fraction of sp³-hybridized carbons (Fsp3) is 0.824. The van der Waals surface area contributed by atoms with Gasteiger partial charge in [-0.2, -0.15) is 0 Å². The van der Waals surface area contributed by atoms with Gasteiger partial charge in [-0.15, -0.1) is 0 Å². The van der Waals surface area contributed by atoms with E-state index in [1.165, 1.54) is 25.7 Å². The van der Waals surface area contributed by atoms with E-state index in [-0.39, 0.29) is 18.2 Å². The first-order valence-electron chi connectivity index (χ1n) is 8.24. The maximum Gasteiger partial charge on any atom is 0.411 e. The number of hydrogen-bond donors (Lipinski definition) is 0. The van der Waals surface area contributed by atoms with Crippen molar-refractivity contribution >= 4 is 6.09 Å². The highest BCUT2D eigenvalue weighted by Crippen LogP contribution is 2.38. The van der Waals surface area contributed by atoms with E-state index < -0.39 is 5.60 Å². The van der Waals surface area contributed by atoms with E-state index in [9.17, 15) is 4.79 Å². The van der Waals surface area contributed by atoms with Crippen LogP contribution in [0.4, 0.5) is 4.79 Å². The molecule has 2 bridgehead atoms. The predicted molar refractivity (Wildman–Crippen MR) is 81.1 cm³/mol. The molecule has 0 aromatic rings. The van der Waals surface area contributed by atoms with Gasteiger partial charge in [0, 0.05) is 0 Å². The molecule has 0 N–H and O–H groups in total. The van der Waals surface area contributed by atoms with Crippen LogP contribution in [0.1, 0.15) is 52.9 Å². The van der Waals surface area contributed by atoms with Gasteiger partial charge in [-0.3, -0.25) is 4.90 Å². The third kappa shape index (κ3) is 3.25.